The lowest BCUT2D eigenvalue weighted by atomic mass is 10.1. The molecule has 1 heterocycles. The Bertz CT molecular complexity index is 566. The molecule has 0 spiro atoms. The van der Waals surface area contributed by atoms with Gasteiger partial charge in [0.25, 0.3) is 0 Å². The van der Waals surface area contributed by atoms with Crippen LogP contribution in [0.5, 0.6) is 0 Å². The van der Waals surface area contributed by atoms with Gasteiger partial charge in [0.15, 0.2) is 0 Å². The summed E-state index contributed by atoms with van der Waals surface area (Å²) in [7, 11) is 0. The number of carbonyl (C=O) groups is 2. The van der Waals surface area contributed by atoms with Gasteiger partial charge in [0.1, 0.15) is 0 Å². The Morgan fingerprint density at radius 1 is 1.08 bits per heavy atom. The fraction of sp³-hybridized carbons (Fsp3) is 0.556. The molecule has 1 aliphatic heterocycles. The van der Waals surface area contributed by atoms with Crippen molar-refractivity contribution in [3.8, 4) is 0 Å². The maximum absolute atomic E-state index is 12.0. The summed E-state index contributed by atoms with van der Waals surface area (Å²) in [5, 5.41) is 5.44. The highest BCUT2D eigenvalue weighted by Crippen LogP contribution is 2.20. The fourth-order valence-electron chi connectivity index (χ4n) is 2.88. The largest absolute Gasteiger partial charge is 0.369 e. The Hall–Kier alpha value is -2.08. The summed E-state index contributed by atoms with van der Waals surface area (Å²) in [6, 6.07) is 8.46. The van der Waals surface area contributed by atoms with Gasteiger partial charge in [-0.25, -0.2) is 0 Å². The summed E-state index contributed by atoms with van der Waals surface area (Å²) >= 11 is 0. The summed E-state index contributed by atoms with van der Waals surface area (Å²) in [5.41, 5.74) is 2.55. The number of rotatable bonds is 6. The van der Waals surface area contributed by atoms with Crippen molar-refractivity contribution in [2.24, 2.45) is 0 Å². The van der Waals surface area contributed by atoms with Crippen molar-refractivity contribution in [3.05, 3.63) is 29.8 Å². The molecule has 1 aromatic rings. The molecule has 0 bridgehead atoms. The highest BCUT2D eigenvalue weighted by atomic mass is 16.2. The van der Waals surface area contributed by atoms with Crippen LogP contribution in [-0.4, -0.2) is 62.0 Å². The van der Waals surface area contributed by atoms with Crippen molar-refractivity contribution >= 4 is 17.5 Å². The molecule has 2 rings (SSSR count). The van der Waals surface area contributed by atoms with Gasteiger partial charge in [-0.2, -0.15) is 0 Å². The zero-order valence-corrected chi connectivity index (χ0v) is 14.8. The van der Waals surface area contributed by atoms with Gasteiger partial charge in [-0.3, -0.25) is 14.5 Å². The maximum atomic E-state index is 12.0. The second-order valence-corrected chi connectivity index (χ2v) is 6.55. The van der Waals surface area contributed by atoms with Gasteiger partial charge in [0.2, 0.25) is 11.8 Å². The van der Waals surface area contributed by atoms with Crippen LogP contribution in [0.3, 0.4) is 0 Å². The van der Waals surface area contributed by atoms with E-state index in [0.717, 1.165) is 26.2 Å². The Morgan fingerprint density at radius 3 is 2.38 bits per heavy atom. The number of nitrogens with one attached hydrogen (secondary N) is 2. The van der Waals surface area contributed by atoms with Crippen LogP contribution >= 0.6 is 0 Å². The second-order valence-electron chi connectivity index (χ2n) is 6.55. The molecular formula is C18H28N4O2. The molecule has 6 nitrogen and oxygen atoms in total. The van der Waals surface area contributed by atoms with E-state index in [9.17, 15) is 9.59 Å². The molecule has 132 valence electrons. The molecule has 0 saturated carbocycles. The van der Waals surface area contributed by atoms with Gasteiger partial charge < -0.3 is 15.5 Å². The number of anilines is 1. The summed E-state index contributed by atoms with van der Waals surface area (Å²) in [6.45, 7) is 9.81. The lowest BCUT2D eigenvalue weighted by Crippen LogP contribution is -2.50. The molecule has 2 amide bonds. The van der Waals surface area contributed by atoms with Crippen LogP contribution in [-0.2, 0) is 9.59 Å². The molecule has 6 heteroatoms. The Labute approximate surface area is 144 Å². The number of benzene rings is 1. The monoisotopic (exact) mass is 332 g/mol. The van der Waals surface area contributed by atoms with E-state index in [4.69, 9.17) is 0 Å². The smallest absolute Gasteiger partial charge is 0.239 e. The predicted octanol–water partition coefficient (Wildman–Crippen LogP) is 0.758. The standard InChI is InChI=1S/C18H28N4O2/c1-14(2)20-17(23)12-19-18(24)13-21-8-10-22(11-9-21)16-7-5-4-6-15(16)3/h4-7,14H,8-13H2,1-3H3,(H,19,24)(H,20,23). The SMILES string of the molecule is Cc1ccccc1N1CCN(CC(=O)NCC(=O)NC(C)C)CC1. The molecular weight excluding hydrogens is 304 g/mol. The van der Waals surface area contributed by atoms with Gasteiger partial charge in [-0.1, -0.05) is 18.2 Å². The highest BCUT2D eigenvalue weighted by Gasteiger charge is 2.20. The molecule has 0 aliphatic carbocycles. The molecule has 1 saturated heterocycles. The molecule has 2 N–H and O–H groups in total. The van der Waals surface area contributed by atoms with Crippen LogP contribution < -0.4 is 15.5 Å². The number of carbonyl (C=O) groups excluding carboxylic acids is 2. The zero-order valence-electron chi connectivity index (χ0n) is 14.8. The van der Waals surface area contributed by atoms with Gasteiger partial charge >= 0.3 is 0 Å². The molecule has 0 unspecified atom stereocenters. The number of hydrogen-bond donors (Lipinski definition) is 2. The predicted molar refractivity (Wildman–Crippen MR) is 96.1 cm³/mol. The maximum Gasteiger partial charge on any atom is 0.239 e. The third-order valence-electron chi connectivity index (χ3n) is 4.09. The number of amides is 2. The Balaban J connectivity index is 1.72. The van der Waals surface area contributed by atoms with Crippen LogP contribution in [0.4, 0.5) is 5.69 Å². The normalized spacial score (nSPS) is 15.4. The third-order valence-corrected chi connectivity index (χ3v) is 4.09. The number of hydrogen-bond acceptors (Lipinski definition) is 4. The van der Waals surface area contributed by atoms with Crippen LogP contribution in [0.25, 0.3) is 0 Å². The average molecular weight is 332 g/mol. The van der Waals surface area contributed by atoms with Crippen molar-refractivity contribution < 1.29 is 9.59 Å². The molecule has 0 radical (unpaired) electrons. The number of para-hydroxylation sites is 1. The van der Waals surface area contributed by atoms with Crippen LogP contribution in [0.2, 0.25) is 0 Å². The van der Waals surface area contributed by atoms with Crippen molar-refractivity contribution in [1.82, 2.24) is 15.5 Å². The van der Waals surface area contributed by atoms with Gasteiger partial charge in [0.05, 0.1) is 13.1 Å². The summed E-state index contributed by atoms with van der Waals surface area (Å²) < 4.78 is 0. The molecule has 1 aromatic carbocycles. The minimum absolute atomic E-state index is 0.0419. The number of nitrogens with zero attached hydrogens (tertiary/aromatic N) is 2. The number of piperazine rings is 1. The summed E-state index contributed by atoms with van der Waals surface area (Å²) in [5.74, 6) is -0.249. The zero-order chi connectivity index (χ0) is 17.5. The van der Waals surface area contributed by atoms with E-state index in [-0.39, 0.29) is 24.4 Å². The van der Waals surface area contributed by atoms with Gasteiger partial charge in [-0.15, -0.1) is 0 Å². The van der Waals surface area contributed by atoms with Crippen molar-refractivity contribution in [3.63, 3.8) is 0 Å². The van der Waals surface area contributed by atoms with Crippen LogP contribution in [0, 0.1) is 6.92 Å². The number of aryl methyl sites for hydroxylation is 1. The second kappa shape index (κ2) is 8.68. The summed E-state index contributed by atoms with van der Waals surface area (Å²) in [6.07, 6.45) is 0. The van der Waals surface area contributed by atoms with Crippen molar-refractivity contribution in [2.75, 3.05) is 44.2 Å². The molecule has 0 aromatic heterocycles. The Morgan fingerprint density at radius 2 is 1.75 bits per heavy atom. The first-order valence-corrected chi connectivity index (χ1v) is 8.54. The van der Waals surface area contributed by atoms with E-state index in [1.165, 1.54) is 11.3 Å². The van der Waals surface area contributed by atoms with Crippen LogP contribution in [0.15, 0.2) is 24.3 Å². The highest BCUT2D eigenvalue weighted by molar-refractivity contribution is 5.85. The third kappa shape index (κ3) is 5.53. The summed E-state index contributed by atoms with van der Waals surface area (Å²) in [4.78, 5) is 28.0. The van der Waals surface area contributed by atoms with Crippen LogP contribution in [0.1, 0.15) is 19.4 Å². The first-order chi connectivity index (χ1) is 11.5. The first-order valence-electron chi connectivity index (χ1n) is 8.54. The van der Waals surface area contributed by atoms with E-state index < -0.39 is 0 Å². The fourth-order valence-corrected chi connectivity index (χ4v) is 2.88. The topological polar surface area (TPSA) is 64.7 Å². The van der Waals surface area contributed by atoms with E-state index in [1.807, 2.05) is 13.8 Å². The van der Waals surface area contributed by atoms with E-state index in [2.05, 4.69) is 51.6 Å². The van der Waals surface area contributed by atoms with Crippen molar-refractivity contribution in [1.29, 1.82) is 0 Å². The van der Waals surface area contributed by atoms with E-state index in [1.54, 1.807) is 0 Å². The first kappa shape index (κ1) is 18.3. The van der Waals surface area contributed by atoms with Gasteiger partial charge in [0, 0.05) is 37.9 Å². The van der Waals surface area contributed by atoms with E-state index in [0.29, 0.717) is 6.54 Å². The lowest BCUT2D eigenvalue weighted by Gasteiger charge is -2.36. The molecule has 0 atom stereocenters. The molecule has 1 fully saturated rings. The minimum atomic E-state index is -0.150. The Kier molecular flexibility index (Phi) is 6.61. The van der Waals surface area contributed by atoms with E-state index >= 15 is 0 Å². The molecule has 24 heavy (non-hydrogen) atoms. The minimum Gasteiger partial charge on any atom is -0.369 e. The van der Waals surface area contributed by atoms with Gasteiger partial charge in [-0.05, 0) is 32.4 Å². The average Bonchev–Trinajstić information content (AvgIpc) is 2.54. The lowest BCUT2D eigenvalue weighted by molar-refractivity contribution is -0.127. The quantitative estimate of drug-likeness (QED) is 0.807. The molecule has 1 aliphatic rings. The van der Waals surface area contributed by atoms with Crippen molar-refractivity contribution in [2.45, 2.75) is 26.8 Å².